The zero-order valence-electron chi connectivity index (χ0n) is 8.22. The maximum absolute atomic E-state index is 13.4. The van der Waals surface area contributed by atoms with Crippen LogP contribution < -0.4 is 10.5 Å². The molecule has 0 saturated heterocycles. The van der Waals surface area contributed by atoms with Gasteiger partial charge in [0.05, 0.1) is 18.2 Å². The molecule has 0 aliphatic rings. The van der Waals surface area contributed by atoms with E-state index in [2.05, 4.69) is 0 Å². The van der Waals surface area contributed by atoms with Crippen molar-refractivity contribution in [2.24, 2.45) is 5.73 Å². The first kappa shape index (κ1) is 11.9. The van der Waals surface area contributed by atoms with E-state index in [1.165, 1.54) is 6.07 Å². The molecule has 0 bridgehead atoms. The van der Waals surface area contributed by atoms with Crippen LogP contribution in [0.2, 0.25) is 5.02 Å². The summed E-state index contributed by atoms with van der Waals surface area (Å²) in [6.07, 6.45) is 0. The third-order valence-corrected chi connectivity index (χ3v) is 2.08. The van der Waals surface area contributed by atoms with Crippen LogP contribution in [0.3, 0.4) is 0 Å². The molecule has 0 aromatic heterocycles. The third kappa shape index (κ3) is 2.67. The normalized spacial score (nSPS) is 10.1. The second-order valence-corrected chi connectivity index (χ2v) is 3.24. The van der Waals surface area contributed by atoms with E-state index in [0.29, 0.717) is 6.61 Å². The van der Waals surface area contributed by atoms with Gasteiger partial charge in [0.15, 0.2) is 17.3 Å². The van der Waals surface area contributed by atoms with Gasteiger partial charge in [-0.3, -0.25) is 4.79 Å². The Hall–Kier alpha value is -1.13. The minimum atomic E-state index is -0.652. The van der Waals surface area contributed by atoms with Crippen LogP contribution in [0.1, 0.15) is 17.3 Å². The molecule has 5 heteroatoms. The highest BCUT2D eigenvalue weighted by Crippen LogP contribution is 2.29. The van der Waals surface area contributed by atoms with Crippen molar-refractivity contribution < 1.29 is 13.9 Å². The monoisotopic (exact) mass is 231 g/mol. The molecule has 0 radical (unpaired) electrons. The minimum absolute atomic E-state index is 0.0345. The van der Waals surface area contributed by atoms with Gasteiger partial charge in [-0.15, -0.1) is 0 Å². The molecule has 0 aliphatic heterocycles. The second kappa shape index (κ2) is 5.09. The van der Waals surface area contributed by atoms with Crippen molar-refractivity contribution in [3.63, 3.8) is 0 Å². The lowest BCUT2D eigenvalue weighted by molar-refractivity contribution is 0.100. The molecule has 0 unspecified atom stereocenters. The molecule has 0 fully saturated rings. The summed E-state index contributed by atoms with van der Waals surface area (Å²) in [6, 6.07) is 2.43. The maximum atomic E-state index is 13.4. The average molecular weight is 232 g/mol. The molecule has 1 aromatic carbocycles. The highest BCUT2D eigenvalue weighted by Gasteiger charge is 2.13. The molecule has 82 valence electrons. The summed E-state index contributed by atoms with van der Waals surface area (Å²) in [6.45, 7) is 1.85. The number of Topliss-reactive ketones (excluding diaryl/α,β-unsaturated/α-hetero) is 1. The van der Waals surface area contributed by atoms with Crippen molar-refractivity contribution in [1.29, 1.82) is 0 Å². The van der Waals surface area contributed by atoms with Crippen LogP contribution in [-0.4, -0.2) is 18.9 Å². The zero-order valence-corrected chi connectivity index (χ0v) is 8.97. The van der Waals surface area contributed by atoms with Crippen LogP contribution in [-0.2, 0) is 0 Å². The molecule has 0 heterocycles. The third-order valence-electron chi connectivity index (χ3n) is 1.79. The van der Waals surface area contributed by atoms with Crippen LogP contribution in [0.4, 0.5) is 4.39 Å². The Balaban J connectivity index is 3.13. The Bertz CT molecular complexity index is 359. The second-order valence-electron chi connectivity index (χ2n) is 2.83. The number of hydrogen-bond donors (Lipinski definition) is 1. The van der Waals surface area contributed by atoms with Crippen molar-refractivity contribution >= 4 is 17.4 Å². The fourth-order valence-electron chi connectivity index (χ4n) is 1.12. The smallest absolute Gasteiger partial charge is 0.176 e. The highest BCUT2D eigenvalue weighted by atomic mass is 35.5. The number of carbonyl (C=O) groups is 1. The van der Waals surface area contributed by atoms with E-state index in [1.807, 2.05) is 0 Å². The van der Waals surface area contributed by atoms with E-state index in [9.17, 15) is 9.18 Å². The summed E-state index contributed by atoms with van der Waals surface area (Å²) in [7, 11) is 0. The average Bonchev–Trinajstić information content (AvgIpc) is 2.22. The molecule has 0 aliphatic carbocycles. The van der Waals surface area contributed by atoms with Gasteiger partial charge in [0.1, 0.15) is 0 Å². The number of benzene rings is 1. The van der Waals surface area contributed by atoms with Crippen molar-refractivity contribution in [3.05, 3.63) is 28.5 Å². The highest BCUT2D eigenvalue weighted by molar-refractivity contribution is 6.32. The summed E-state index contributed by atoms with van der Waals surface area (Å²) >= 11 is 5.76. The van der Waals surface area contributed by atoms with Gasteiger partial charge >= 0.3 is 0 Å². The van der Waals surface area contributed by atoms with Gasteiger partial charge in [0, 0.05) is 5.56 Å². The molecular formula is C10H11ClFNO2. The van der Waals surface area contributed by atoms with Gasteiger partial charge in [-0.2, -0.15) is 0 Å². The number of ketones is 1. The molecule has 1 rings (SSSR count). The quantitative estimate of drug-likeness (QED) is 0.807. The van der Waals surface area contributed by atoms with Gasteiger partial charge in [-0.25, -0.2) is 4.39 Å². The van der Waals surface area contributed by atoms with Gasteiger partial charge < -0.3 is 10.5 Å². The summed E-state index contributed by atoms with van der Waals surface area (Å²) in [5.41, 5.74) is 5.31. The van der Waals surface area contributed by atoms with Gasteiger partial charge in [0.2, 0.25) is 0 Å². The van der Waals surface area contributed by atoms with Crippen LogP contribution in [0, 0.1) is 5.82 Å². The summed E-state index contributed by atoms with van der Waals surface area (Å²) in [5.74, 6) is -1.05. The number of nitrogens with two attached hydrogens (primary N) is 1. The number of ether oxygens (including phenoxy) is 1. The molecule has 0 amide bonds. The lowest BCUT2D eigenvalue weighted by Gasteiger charge is -2.08. The molecule has 3 nitrogen and oxygen atoms in total. The van der Waals surface area contributed by atoms with E-state index in [0.717, 1.165) is 6.07 Å². The standard InChI is InChI=1S/C10H11ClFNO2/c1-2-15-10-7(11)3-6(4-8(10)12)9(14)5-13/h3-4H,2,5,13H2,1H3. The van der Waals surface area contributed by atoms with Crippen molar-refractivity contribution in [3.8, 4) is 5.75 Å². The summed E-state index contributed by atoms with van der Waals surface area (Å²) in [5, 5.41) is 0.0775. The Kier molecular flexibility index (Phi) is 4.05. The lowest BCUT2D eigenvalue weighted by atomic mass is 10.1. The van der Waals surface area contributed by atoms with E-state index < -0.39 is 5.82 Å². The van der Waals surface area contributed by atoms with Crippen LogP contribution in [0.25, 0.3) is 0 Å². The fourth-order valence-corrected chi connectivity index (χ4v) is 1.38. The predicted octanol–water partition coefficient (Wildman–Crippen LogP) is 2.02. The van der Waals surface area contributed by atoms with Gasteiger partial charge in [-0.05, 0) is 19.1 Å². The summed E-state index contributed by atoms with van der Waals surface area (Å²) < 4.78 is 18.4. The van der Waals surface area contributed by atoms with Crippen molar-refractivity contribution in [2.45, 2.75) is 6.92 Å². The van der Waals surface area contributed by atoms with Crippen molar-refractivity contribution in [1.82, 2.24) is 0 Å². The van der Waals surface area contributed by atoms with Crippen LogP contribution in [0.5, 0.6) is 5.75 Å². The Morgan fingerprint density at radius 3 is 2.73 bits per heavy atom. The largest absolute Gasteiger partial charge is 0.489 e. The summed E-state index contributed by atoms with van der Waals surface area (Å²) in [4.78, 5) is 11.2. The SMILES string of the molecule is CCOc1c(F)cc(C(=O)CN)cc1Cl. The molecule has 2 N–H and O–H groups in total. The van der Waals surface area contributed by atoms with Crippen molar-refractivity contribution in [2.75, 3.05) is 13.2 Å². The molecule has 1 aromatic rings. The molecule has 0 saturated carbocycles. The first-order valence-electron chi connectivity index (χ1n) is 4.45. The molecule has 15 heavy (non-hydrogen) atoms. The number of hydrogen-bond acceptors (Lipinski definition) is 3. The van der Waals surface area contributed by atoms with Crippen LogP contribution in [0.15, 0.2) is 12.1 Å². The molecule has 0 atom stereocenters. The van der Waals surface area contributed by atoms with E-state index >= 15 is 0 Å². The lowest BCUT2D eigenvalue weighted by Crippen LogP contribution is -2.14. The zero-order chi connectivity index (χ0) is 11.4. The van der Waals surface area contributed by atoms with Gasteiger partial charge in [0.25, 0.3) is 0 Å². The minimum Gasteiger partial charge on any atom is -0.489 e. The predicted molar refractivity (Wildman–Crippen MR) is 56.0 cm³/mol. The van der Waals surface area contributed by atoms with E-state index in [4.69, 9.17) is 22.1 Å². The van der Waals surface area contributed by atoms with Gasteiger partial charge in [-0.1, -0.05) is 11.6 Å². The first-order valence-corrected chi connectivity index (χ1v) is 4.83. The van der Waals surface area contributed by atoms with E-state index in [1.54, 1.807) is 6.92 Å². The number of halogens is 2. The molecule has 0 spiro atoms. The Morgan fingerprint density at radius 2 is 2.27 bits per heavy atom. The number of carbonyl (C=O) groups excluding carboxylic acids is 1. The Morgan fingerprint density at radius 1 is 1.60 bits per heavy atom. The number of rotatable bonds is 4. The first-order chi connectivity index (χ1) is 7.10. The fraction of sp³-hybridized carbons (Fsp3) is 0.300. The maximum Gasteiger partial charge on any atom is 0.176 e. The molecular weight excluding hydrogens is 221 g/mol. The Labute approximate surface area is 92.0 Å². The topological polar surface area (TPSA) is 52.3 Å². The van der Waals surface area contributed by atoms with Crippen LogP contribution >= 0.6 is 11.6 Å². The van der Waals surface area contributed by atoms with E-state index in [-0.39, 0.29) is 28.7 Å².